The lowest BCUT2D eigenvalue weighted by Gasteiger charge is -2.13. The van der Waals surface area contributed by atoms with E-state index in [1.807, 2.05) is 6.92 Å². The summed E-state index contributed by atoms with van der Waals surface area (Å²) in [6.07, 6.45) is -2.12. The Bertz CT molecular complexity index is 1010. The summed E-state index contributed by atoms with van der Waals surface area (Å²) in [5, 5.41) is 15.6. The van der Waals surface area contributed by atoms with E-state index in [-0.39, 0.29) is 17.9 Å². The van der Waals surface area contributed by atoms with Crippen LogP contribution in [0.15, 0.2) is 47.1 Å². The molecule has 0 aliphatic heterocycles. The summed E-state index contributed by atoms with van der Waals surface area (Å²) in [4.78, 5) is 8.68. The fraction of sp³-hybridized carbons (Fsp3) is 0.250. The molecule has 0 aliphatic rings. The van der Waals surface area contributed by atoms with Crippen molar-refractivity contribution in [1.82, 2.24) is 9.97 Å². The van der Waals surface area contributed by atoms with Gasteiger partial charge in [0, 0.05) is 13.1 Å². The number of halogens is 3. The van der Waals surface area contributed by atoms with E-state index in [0.29, 0.717) is 29.5 Å². The summed E-state index contributed by atoms with van der Waals surface area (Å²) >= 11 is 0. The van der Waals surface area contributed by atoms with Crippen molar-refractivity contribution < 1.29 is 17.6 Å². The van der Waals surface area contributed by atoms with Crippen molar-refractivity contribution in [3.8, 4) is 17.5 Å². The number of hydrogen-bond acceptors (Lipinski definition) is 6. The fourth-order valence-corrected chi connectivity index (χ4v) is 2.65. The Morgan fingerprint density at radius 3 is 2.62 bits per heavy atom. The molecular formula is C20H18F3N5O. The monoisotopic (exact) mass is 401 g/mol. The molecule has 3 aromatic rings. The van der Waals surface area contributed by atoms with Gasteiger partial charge in [-0.05, 0) is 36.2 Å². The lowest BCUT2D eigenvalue weighted by molar-refractivity contribution is -0.137. The van der Waals surface area contributed by atoms with Gasteiger partial charge in [0.25, 0.3) is 0 Å². The molecule has 0 saturated heterocycles. The minimum Gasteiger partial charge on any atom is -0.463 e. The third-order valence-corrected chi connectivity index (χ3v) is 4.02. The highest BCUT2D eigenvalue weighted by atomic mass is 19.4. The largest absolute Gasteiger partial charge is 0.463 e. The van der Waals surface area contributed by atoms with Crippen LogP contribution in [0.5, 0.6) is 0 Å². The first-order chi connectivity index (χ1) is 13.9. The van der Waals surface area contributed by atoms with Crippen molar-refractivity contribution in [2.45, 2.75) is 26.1 Å². The average molecular weight is 401 g/mol. The third kappa shape index (κ3) is 4.85. The summed E-state index contributed by atoms with van der Waals surface area (Å²) in [6.45, 7) is 2.66. The van der Waals surface area contributed by atoms with Crippen LogP contribution in [0.1, 0.15) is 30.0 Å². The molecule has 2 N–H and O–H groups in total. The van der Waals surface area contributed by atoms with Gasteiger partial charge in [0.05, 0.1) is 11.8 Å². The Labute approximate surface area is 165 Å². The lowest BCUT2D eigenvalue weighted by Crippen LogP contribution is -2.11. The number of furan rings is 1. The standard InChI is InChI=1S/C20H18F3N5O/c1-2-8-25-19-27-17(16-7-4-9-29-16)15(11-24)18(28-19)26-12-13-5-3-6-14(10-13)20(21,22)23/h3-7,9-10H,2,8,12H2,1H3,(H2,25,26,27,28). The van der Waals surface area contributed by atoms with Crippen LogP contribution in [0.4, 0.5) is 24.9 Å². The third-order valence-electron chi connectivity index (χ3n) is 4.02. The Hall–Kier alpha value is -3.54. The number of benzene rings is 1. The summed E-state index contributed by atoms with van der Waals surface area (Å²) < 4.78 is 44.2. The minimum atomic E-state index is -4.42. The van der Waals surface area contributed by atoms with Crippen molar-refractivity contribution in [2.24, 2.45) is 0 Å². The van der Waals surface area contributed by atoms with Crippen molar-refractivity contribution in [3.63, 3.8) is 0 Å². The fourth-order valence-electron chi connectivity index (χ4n) is 2.65. The second kappa shape index (κ2) is 8.65. The maximum absolute atomic E-state index is 12.9. The highest BCUT2D eigenvalue weighted by Crippen LogP contribution is 2.30. The molecule has 1 aromatic carbocycles. The maximum atomic E-state index is 12.9. The van der Waals surface area contributed by atoms with Crippen LogP contribution in [-0.2, 0) is 12.7 Å². The molecule has 2 aromatic heterocycles. The van der Waals surface area contributed by atoms with Crippen LogP contribution < -0.4 is 10.6 Å². The van der Waals surface area contributed by atoms with Crippen LogP contribution in [-0.4, -0.2) is 16.5 Å². The van der Waals surface area contributed by atoms with Gasteiger partial charge in [-0.3, -0.25) is 0 Å². The highest BCUT2D eigenvalue weighted by Gasteiger charge is 2.30. The quantitative estimate of drug-likeness (QED) is 0.575. The van der Waals surface area contributed by atoms with Gasteiger partial charge < -0.3 is 15.1 Å². The number of anilines is 2. The van der Waals surface area contributed by atoms with Crippen molar-refractivity contribution in [1.29, 1.82) is 5.26 Å². The molecule has 0 radical (unpaired) electrons. The SMILES string of the molecule is CCCNc1nc(NCc2cccc(C(F)(F)F)c2)c(C#N)c(-c2ccco2)n1. The molecule has 2 heterocycles. The first-order valence-electron chi connectivity index (χ1n) is 8.92. The summed E-state index contributed by atoms with van der Waals surface area (Å²) in [5.74, 6) is 0.902. The van der Waals surface area contributed by atoms with Gasteiger partial charge >= 0.3 is 6.18 Å². The second-order valence-electron chi connectivity index (χ2n) is 6.19. The Morgan fingerprint density at radius 2 is 1.97 bits per heavy atom. The molecule has 3 rings (SSSR count). The topological polar surface area (TPSA) is 86.8 Å². The number of rotatable bonds is 7. The number of nitriles is 1. The van der Waals surface area contributed by atoms with E-state index in [0.717, 1.165) is 18.6 Å². The number of hydrogen-bond donors (Lipinski definition) is 2. The Balaban J connectivity index is 1.93. The molecule has 0 spiro atoms. The second-order valence-corrected chi connectivity index (χ2v) is 6.19. The van der Waals surface area contributed by atoms with E-state index in [1.54, 1.807) is 18.2 Å². The van der Waals surface area contributed by atoms with Crippen LogP contribution >= 0.6 is 0 Å². The van der Waals surface area contributed by atoms with E-state index in [2.05, 4.69) is 26.7 Å². The molecule has 150 valence electrons. The zero-order valence-corrected chi connectivity index (χ0v) is 15.5. The van der Waals surface area contributed by atoms with Crippen LogP contribution in [0.25, 0.3) is 11.5 Å². The average Bonchev–Trinajstić information content (AvgIpc) is 3.24. The molecule has 0 aliphatic carbocycles. The Kier molecular flexibility index (Phi) is 6.02. The van der Waals surface area contributed by atoms with Crippen LogP contribution in [0, 0.1) is 11.3 Å². The molecule has 0 saturated carbocycles. The summed E-state index contributed by atoms with van der Waals surface area (Å²) in [7, 11) is 0. The molecule has 29 heavy (non-hydrogen) atoms. The normalized spacial score (nSPS) is 11.1. The minimum absolute atomic E-state index is 0.0560. The zero-order chi connectivity index (χ0) is 20.9. The van der Waals surface area contributed by atoms with Gasteiger partial charge in [-0.25, -0.2) is 4.98 Å². The van der Waals surface area contributed by atoms with Crippen LogP contribution in [0.3, 0.4) is 0 Å². The van der Waals surface area contributed by atoms with Gasteiger partial charge in [-0.15, -0.1) is 0 Å². The Morgan fingerprint density at radius 1 is 1.14 bits per heavy atom. The molecule has 6 nitrogen and oxygen atoms in total. The van der Waals surface area contributed by atoms with E-state index >= 15 is 0 Å². The zero-order valence-electron chi connectivity index (χ0n) is 15.5. The molecule has 0 fully saturated rings. The van der Waals surface area contributed by atoms with Gasteiger partial charge in [-0.2, -0.15) is 23.4 Å². The number of nitrogens with one attached hydrogen (secondary N) is 2. The van der Waals surface area contributed by atoms with E-state index < -0.39 is 11.7 Å². The van der Waals surface area contributed by atoms with Gasteiger partial charge in [0.15, 0.2) is 11.6 Å². The van der Waals surface area contributed by atoms with Gasteiger partial charge in [0.2, 0.25) is 5.95 Å². The van der Waals surface area contributed by atoms with E-state index in [9.17, 15) is 18.4 Å². The highest BCUT2D eigenvalue weighted by molar-refractivity contribution is 5.71. The predicted molar refractivity (Wildman–Crippen MR) is 102 cm³/mol. The van der Waals surface area contributed by atoms with Crippen molar-refractivity contribution >= 4 is 11.8 Å². The predicted octanol–water partition coefficient (Wildman–Crippen LogP) is 5.06. The molecule has 0 atom stereocenters. The summed E-state index contributed by atoms with van der Waals surface area (Å²) in [5.41, 5.74) is 0.123. The number of nitrogens with zero attached hydrogens (tertiary/aromatic N) is 3. The van der Waals surface area contributed by atoms with Crippen molar-refractivity contribution in [2.75, 3.05) is 17.2 Å². The van der Waals surface area contributed by atoms with E-state index in [4.69, 9.17) is 4.42 Å². The molecular weight excluding hydrogens is 383 g/mol. The summed E-state index contributed by atoms with van der Waals surface area (Å²) in [6, 6.07) is 10.4. The lowest BCUT2D eigenvalue weighted by atomic mass is 10.1. The molecule has 0 amide bonds. The number of alkyl halides is 3. The number of aromatic nitrogens is 2. The molecule has 9 heteroatoms. The van der Waals surface area contributed by atoms with Crippen molar-refractivity contribution in [3.05, 3.63) is 59.4 Å². The maximum Gasteiger partial charge on any atom is 0.416 e. The smallest absolute Gasteiger partial charge is 0.416 e. The first-order valence-corrected chi connectivity index (χ1v) is 8.92. The molecule has 0 unspecified atom stereocenters. The molecule has 0 bridgehead atoms. The van der Waals surface area contributed by atoms with E-state index in [1.165, 1.54) is 12.3 Å². The van der Waals surface area contributed by atoms with Crippen LogP contribution in [0.2, 0.25) is 0 Å². The van der Waals surface area contributed by atoms with Gasteiger partial charge in [-0.1, -0.05) is 19.1 Å². The van der Waals surface area contributed by atoms with Gasteiger partial charge in [0.1, 0.15) is 17.3 Å². The first kappa shape index (κ1) is 20.2.